The first-order valence-electron chi connectivity index (χ1n) is 7.15. The van der Waals surface area contributed by atoms with Crippen molar-refractivity contribution in [3.05, 3.63) is 34.9 Å². The number of benzene rings is 1. The van der Waals surface area contributed by atoms with E-state index in [2.05, 4.69) is 25.7 Å². The Kier molecular flexibility index (Phi) is 5.33. The van der Waals surface area contributed by atoms with Crippen LogP contribution in [0, 0.1) is 18.8 Å². The molecule has 1 aromatic rings. The van der Waals surface area contributed by atoms with Crippen molar-refractivity contribution in [3.8, 4) is 11.8 Å². The Morgan fingerprint density at radius 3 is 2.62 bits per heavy atom. The van der Waals surface area contributed by atoms with Crippen molar-refractivity contribution in [1.29, 1.82) is 0 Å². The molecule has 0 aliphatic carbocycles. The van der Waals surface area contributed by atoms with Gasteiger partial charge in [-0.15, -0.1) is 0 Å². The van der Waals surface area contributed by atoms with Crippen molar-refractivity contribution in [2.75, 3.05) is 19.7 Å². The van der Waals surface area contributed by atoms with Gasteiger partial charge in [0, 0.05) is 34.7 Å². The van der Waals surface area contributed by atoms with Crippen LogP contribution in [0.2, 0.25) is 0 Å². The predicted octanol–water partition coefficient (Wildman–Crippen LogP) is 2.30. The summed E-state index contributed by atoms with van der Waals surface area (Å²) in [7, 11) is 0. The fraction of sp³-hybridized carbons (Fsp3) is 0.471. The highest BCUT2D eigenvalue weighted by Gasteiger charge is 2.26. The molecular weight excluding hydrogens is 282 g/mol. The van der Waals surface area contributed by atoms with Crippen LogP contribution in [0.3, 0.4) is 0 Å². The number of carbonyl (C=O) groups is 1. The summed E-state index contributed by atoms with van der Waals surface area (Å²) in [6.45, 7) is 7.69. The number of nitrogens with zero attached hydrogens (tertiary/aromatic N) is 1. The predicted molar refractivity (Wildman–Crippen MR) is 87.6 cm³/mol. The van der Waals surface area contributed by atoms with Gasteiger partial charge in [-0.05, 0) is 30.7 Å². The van der Waals surface area contributed by atoms with E-state index in [1.165, 1.54) is 0 Å². The van der Waals surface area contributed by atoms with Gasteiger partial charge in [0.2, 0.25) is 0 Å². The van der Waals surface area contributed by atoms with Gasteiger partial charge in [0.15, 0.2) is 0 Å². The average Bonchev–Trinajstić information content (AvgIpc) is 2.42. The summed E-state index contributed by atoms with van der Waals surface area (Å²) in [5.74, 6) is 5.58. The van der Waals surface area contributed by atoms with E-state index in [4.69, 9.17) is 5.11 Å². The van der Waals surface area contributed by atoms with Gasteiger partial charge in [0.05, 0.1) is 0 Å². The van der Waals surface area contributed by atoms with Crippen LogP contribution in [0.5, 0.6) is 0 Å². The Labute approximate surface area is 130 Å². The van der Waals surface area contributed by atoms with Gasteiger partial charge in [0.25, 0.3) is 5.91 Å². The van der Waals surface area contributed by atoms with E-state index in [0.29, 0.717) is 16.1 Å². The molecule has 0 aromatic heterocycles. The molecule has 1 aliphatic rings. The third-order valence-corrected chi connectivity index (χ3v) is 4.57. The molecule has 1 aromatic carbocycles. The number of aryl methyl sites for hydroxylation is 1. The van der Waals surface area contributed by atoms with E-state index in [9.17, 15) is 4.79 Å². The Bertz CT molecular complexity index is 578. The summed E-state index contributed by atoms with van der Waals surface area (Å²) in [5.41, 5.74) is 2.47. The van der Waals surface area contributed by atoms with Crippen molar-refractivity contribution in [3.63, 3.8) is 0 Å². The highest BCUT2D eigenvalue weighted by molar-refractivity contribution is 8.00. The van der Waals surface area contributed by atoms with Gasteiger partial charge in [-0.3, -0.25) is 4.79 Å². The second kappa shape index (κ2) is 7.02. The molecule has 1 amide bonds. The van der Waals surface area contributed by atoms with E-state index in [1.807, 2.05) is 41.8 Å². The summed E-state index contributed by atoms with van der Waals surface area (Å²) < 4.78 is 0. The fourth-order valence-corrected chi connectivity index (χ4v) is 3.97. The number of amides is 1. The number of aliphatic hydroxyl groups excluding tert-OH is 1. The van der Waals surface area contributed by atoms with E-state index >= 15 is 0 Å². The van der Waals surface area contributed by atoms with Gasteiger partial charge in [0.1, 0.15) is 6.61 Å². The zero-order chi connectivity index (χ0) is 15.4. The first-order valence-corrected chi connectivity index (χ1v) is 8.10. The molecule has 21 heavy (non-hydrogen) atoms. The largest absolute Gasteiger partial charge is 0.384 e. The Morgan fingerprint density at radius 2 is 2.00 bits per heavy atom. The second-order valence-electron chi connectivity index (χ2n) is 5.52. The fourth-order valence-electron chi connectivity index (χ4n) is 2.65. The third kappa shape index (κ3) is 4.26. The molecule has 4 heteroatoms. The normalized spacial score (nSPS) is 21.6. The number of carbonyl (C=O) groups excluding carboxylic acids is 1. The van der Waals surface area contributed by atoms with Crippen molar-refractivity contribution in [2.45, 2.75) is 31.3 Å². The van der Waals surface area contributed by atoms with E-state index in [-0.39, 0.29) is 12.5 Å². The molecule has 1 heterocycles. The van der Waals surface area contributed by atoms with Gasteiger partial charge < -0.3 is 10.0 Å². The minimum atomic E-state index is -0.171. The molecule has 1 saturated heterocycles. The van der Waals surface area contributed by atoms with Crippen LogP contribution in [0.1, 0.15) is 35.3 Å². The standard InChI is InChI=1S/C17H21NO2S/c1-12-7-15(5-4-6-19)9-16(8-12)17(20)18-10-13(2)21-14(3)11-18/h7-9,13-14,19H,6,10-11H2,1-3H3. The molecule has 2 atom stereocenters. The molecule has 2 unspecified atom stereocenters. The number of hydrogen-bond acceptors (Lipinski definition) is 3. The van der Waals surface area contributed by atoms with Crippen LogP contribution in [0.25, 0.3) is 0 Å². The number of aliphatic hydroxyl groups is 1. The maximum Gasteiger partial charge on any atom is 0.253 e. The maximum absolute atomic E-state index is 12.7. The van der Waals surface area contributed by atoms with E-state index in [0.717, 1.165) is 24.2 Å². The lowest BCUT2D eigenvalue weighted by Crippen LogP contribution is -2.44. The Balaban J connectivity index is 2.24. The van der Waals surface area contributed by atoms with Crippen molar-refractivity contribution >= 4 is 17.7 Å². The smallest absolute Gasteiger partial charge is 0.253 e. The quantitative estimate of drug-likeness (QED) is 0.809. The third-order valence-electron chi connectivity index (χ3n) is 3.34. The summed E-state index contributed by atoms with van der Waals surface area (Å²) in [6, 6.07) is 5.65. The number of hydrogen-bond donors (Lipinski definition) is 1. The number of rotatable bonds is 1. The van der Waals surface area contributed by atoms with Gasteiger partial charge >= 0.3 is 0 Å². The van der Waals surface area contributed by atoms with Gasteiger partial charge in [-0.25, -0.2) is 0 Å². The molecule has 1 aliphatic heterocycles. The summed E-state index contributed by atoms with van der Waals surface area (Å²) in [4.78, 5) is 14.6. The van der Waals surface area contributed by atoms with E-state index in [1.54, 1.807) is 0 Å². The van der Waals surface area contributed by atoms with Crippen LogP contribution in [0.15, 0.2) is 18.2 Å². The summed E-state index contributed by atoms with van der Waals surface area (Å²) in [6.07, 6.45) is 0. The van der Waals surface area contributed by atoms with Crippen LogP contribution in [0.4, 0.5) is 0 Å². The Morgan fingerprint density at radius 1 is 1.33 bits per heavy atom. The molecule has 0 saturated carbocycles. The number of thioether (sulfide) groups is 1. The zero-order valence-electron chi connectivity index (χ0n) is 12.7. The molecule has 0 bridgehead atoms. The van der Waals surface area contributed by atoms with Gasteiger partial charge in [-0.1, -0.05) is 25.7 Å². The van der Waals surface area contributed by atoms with Crippen molar-refractivity contribution in [2.24, 2.45) is 0 Å². The highest BCUT2D eigenvalue weighted by atomic mass is 32.2. The average molecular weight is 303 g/mol. The monoisotopic (exact) mass is 303 g/mol. The topological polar surface area (TPSA) is 40.5 Å². The van der Waals surface area contributed by atoms with Crippen LogP contribution < -0.4 is 0 Å². The molecular formula is C17H21NO2S. The summed E-state index contributed by atoms with van der Waals surface area (Å²) >= 11 is 1.93. The minimum Gasteiger partial charge on any atom is -0.384 e. The SMILES string of the molecule is Cc1cc(C#CCO)cc(C(=O)N2CC(C)SC(C)C2)c1. The van der Waals surface area contributed by atoms with E-state index < -0.39 is 0 Å². The molecule has 2 rings (SSSR count). The lowest BCUT2D eigenvalue weighted by molar-refractivity contribution is 0.0753. The van der Waals surface area contributed by atoms with Crippen molar-refractivity contribution in [1.82, 2.24) is 4.90 Å². The van der Waals surface area contributed by atoms with Crippen LogP contribution in [-0.4, -0.2) is 46.1 Å². The molecule has 3 nitrogen and oxygen atoms in total. The molecule has 1 fully saturated rings. The molecule has 0 spiro atoms. The highest BCUT2D eigenvalue weighted by Crippen LogP contribution is 2.26. The second-order valence-corrected chi connectivity index (χ2v) is 7.40. The maximum atomic E-state index is 12.7. The molecule has 1 N–H and O–H groups in total. The lowest BCUT2D eigenvalue weighted by Gasteiger charge is -2.34. The Hall–Kier alpha value is -1.44. The van der Waals surface area contributed by atoms with Gasteiger partial charge in [-0.2, -0.15) is 11.8 Å². The lowest BCUT2D eigenvalue weighted by atomic mass is 10.1. The summed E-state index contributed by atoms with van der Waals surface area (Å²) in [5, 5.41) is 9.72. The zero-order valence-corrected chi connectivity index (χ0v) is 13.5. The van der Waals surface area contributed by atoms with Crippen molar-refractivity contribution < 1.29 is 9.90 Å². The first kappa shape index (κ1) is 15.9. The molecule has 0 radical (unpaired) electrons. The van der Waals surface area contributed by atoms with Crippen LogP contribution in [-0.2, 0) is 0 Å². The van der Waals surface area contributed by atoms with Crippen LogP contribution >= 0.6 is 11.8 Å². The minimum absolute atomic E-state index is 0.0738. The first-order chi connectivity index (χ1) is 9.99. The molecule has 112 valence electrons.